The number of ketones is 1. The van der Waals surface area contributed by atoms with Crippen molar-refractivity contribution in [2.75, 3.05) is 39.5 Å². The molecule has 1 fully saturated rings. The van der Waals surface area contributed by atoms with Gasteiger partial charge in [-0.25, -0.2) is 0 Å². The number of allylic oxidation sites excluding steroid dienone is 1. The van der Waals surface area contributed by atoms with Gasteiger partial charge in [-0.1, -0.05) is 6.08 Å². The summed E-state index contributed by atoms with van der Waals surface area (Å²) in [5.41, 5.74) is 0.617. The van der Waals surface area contributed by atoms with Crippen molar-refractivity contribution in [1.82, 2.24) is 4.90 Å². The normalized spacial score (nSPS) is 20.9. The molecule has 0 N–H and O–H groups in total. The molecule has 2 rings (SSSR count). The standard InChI is InChI=1S/C13H19NO4/c15-12-3-1-2-11(12)10-13(16)18-9-6-14-4-7-17-8-5-14/h2H,1,3-10H2. The molecule has 0 bridgehead atoms. The second kappa shape index (κ2) is 6.66. The molecule has 18 heavy (non-hydrogen) atoms. The number of hydrogen-bond acceptors (Lipinski definition) is 5. The molecule has 0 aromatic heterocycles. The van der Waals surface area contributed by atoms with Gasteiger partial charge >= 0.3 is 5.97 Å². The van der Waals surface area contributed by atoms with Gasteiger partial charge in [-0.3, -0.25) is 14.5 Å². The van der Waals surface area contributed by atoms with E-state index in [1.54, 1.807) is 0 Å². The van der Waals surface area contributed by atoms with Crippen molar-refractivity contribution >= 4 is 11.8 Å². The van der Waals surface area contributed by atoms with Crippen molar-refractivity contribution in [3.8, 4) is 0 Å². The van der Waals surface area contributed by atoms with Crippen molar-refractivity contribution < 1.29 is 19.1 Å². The number of carbonyl (C=O) groups is 2. The Morgan fingerprint density at radius 2 is 2.17 bits per heavy atom. The van der Waals surface area contributed by atoms with Crippen molar-refractivity contribution in [2.45, 2.75) is 19.3 Å². The summed E-state index contributed by atoms with van der Waals surface area (Å²) in [7, 11) is 0. The summed E-state index contributed by atoms with van der Waals surface area (Å²) in [5, 5.41) is 0. The number of morpholine rings is 1. The lowest BCUT2D eigenvalue weighted by atomic mass is 10.1. The molecule has 1 saturated heterocycles. The smallest absolute Gasteiger partial charge is 0.310 e. The average molecular weight is 253 g/mol. The maximum Gasteiger partial charge on any atom is 0.310 e. The Morgan fingerprint density at radius 3 is 2.83 bits per heavy atom. The van der Waals surface area contributed by atoms with E-state index in [0.29, 0.717) is 18.6 Å². The van der Waals surface area contributed by atoms with Crippen LogP contribution in [0.15, 0.2) is 11.6 Å². The van der Waals surface area contributed by atoms with Gasteiger partial charge < -0.3 is 9.47 Å². The first-order chi connectivity index (χ1) is 8.75. The molecule has 100 valence electrons. The minimum Gasteiger partial charge on any atom is -0.464 e. The van der Waals surface area contributed by atoms with Gasteiger partial charge in [-0.05, 0) is 6.42 Å². The highest BCUT2D eigenvalue weighted by molar-refractivity contribution is 6.01. The summed E-state index contributed by atoms with van der Waals surface area (Å²) in [4.78, 5) is 25.1. The molecule has 0 saturated carbocycles. The first-order valence-electron chi connectivity index (χ1n) is 6.43. The lowest BCUT2D eigenvalue weighted by molar-refractivity contribution is -0.144. The lowest BCUT2D eigenvalue weighted by Crippen LogP contribution is -2.38. The zero-order chi connectivity index (χ0) is 12.8. The van der Waals surface area contributed by atoms with Gasteiger partial charge in [0.15, 0.2) is 5.78 Å². The van der Waals surface area contributed by atoms with Crippen molar-refractivity contribution in [3.63, 3.8) is 0 Å². The van der Waals surface area contributed by atoms with E-state index in [0.717, 1.165) is 39.3 Å². The summed E-state index contributed by atoms with van der Waals surface area (Å²) in [5.74, 6) is -0.218. The molecule has 0 radical (unpaired) electrons. The largest absolute Gasteiger partial charge is 0.464 e. The molecule has 5 heteroatoms. The number of esters is 1. The van der Waals surface area contributed by atoms with Gasteiger partial charge in [0.25, 0.3) is 0 Å². The molecule has 5 nitrogen and oxygen atoms in total. The fourth-order valence-electron chi connectivity index (χ4n) is 2.14. The maximum absolute atomic E-state index is 11.5. The molecule has 0 unspecified atom stereocenters. The summed E-state index contributed by atoms with van der Waals surface area (Å²) >= 11 is 0. The predicted molar refractivity (Wildman–Crippen MR) is 65.2 cm³/mol. The van der Waals surface area contributed by atoms with E-state index in [4.69, 9.17) is 9.47 Å². The quantitative estimate of drug-likeness (QED) is 0.669. The van der Waals surface area contributed by atoms with E-state index in [2.05, 4.69) is 4.90 Å². The van der Waals surface area contributed by atoms with Crippen molar-refractivity contribution in [1.29, 1.82) is 0 Å². The predicted octanol–water partition coefficient (Wildman–Crippen LogP) is 0.541. The van der Waals surface area contributed by atoms with Crippen LogP contribution in [0.2, 0.25) is 0 Å². The lowest BCUT2D eigenvalue weighted by Gasteiger charge is -2.26. The minimum absolute atomic E-state index is 0.0835. The van der Waals surface area contributed by atoms with Crippen molar-refractivity contribution in [2.24, 2.45) is 0 Å². The number of carbonyl (C=O) groups excluding carboxylic acids is 2. The summed E-state index contributed by atoms with van der Waals surface area (Å²) in [6.45, 7) is 4.40. The molecule has 1 aliphatic heterocycles. The van der Waals surface area contributed by atoms with E-state index in [9.17, 15) is 9.59 Å². The molecule has 0 atom stereocenters. The van der Waals surface area contributed by atoms with E-state index in [1.165, 1.54) is 0 Å². The third-order valence-corrected chi connectivity index (χ3v) is 3.23. The highest BCUT2D eigenvalue weighted by atomic mass is 16.5. The number of hydrogen-bond donors (Lipinski definition) is 0. The molecule has 0 spiro atoms. The monoisotopic (exact) mass is 253 g/mol. The first kappa shape index (κ1) is 13.2. The number of nitrogens with zero attached hydrogens (tertiary/aromatic N) is 1. The summed E-state index contributed by atoms with van der Waals surface area (Å²) in [6.07, 6.45) is 3.26. The highest BCUT2D eigenvalue weighted by Gasteiger charge is 2.19. The number of Topliss-reactive ketones (excluding diaryl/α,β-unsaturated/α-hetero) is 1. The van der Waals surface area contributed by atoms with Gasteiger partial charge in [-0.15, -0.1) is 0 Å². The number of rotatable bonds is 5. The van der Waals surface area contributed by atoms with Crippen LogP contribution in [0.3, 0.4) is 0 Å². The van der Waals surface area contributed by atoms with E-state index in [-0.39, 0.29) is 18.2 Å². The number of ether oxygens (including phenoxy) is 2. The Kier molecular flexibility index (Phi) is 4.90. The minimum atomic E-state index is -0.301. The fourth-order valence-corrected chi connectivity index (χ4v) is 2.14. The topological polar surface area (TPSA) is 55.8 Å². The molecule has 0 amide bonds. The zero-order valence-corrected chi connectivity index (χ0v) is 10.5. The van der Waals surface area contributed by atoms with Gasteiger partial charge in [0, 0.05) is 31.6 Å². The van der Waals surface area contributed by atoms with Crippen LogP contribution in [0.5, 0.6) is 0 Å². The summed E-state index contributed by atoms with van der Waals surface area (Å²) in [6, 6.07) is 0. The van der Waals surface area contributed by atoms with E-state index >= 15 is 0 Å². The van der Waals surface area contributed by atoms with Gasteiger partial charge in [0.2, 0.25) is 0 Å². The Balaban J connectivity index is 1.61. The zero-order valence-electron chi connectivity index (χ0n) is 10.5. The van der Waals surface area contributed by atoms with Crippen LogP contribution < -0.4 is 0 Å². The molecule has 2 aliphatic rings. The third-order valence-electron chi connectivity index (χ3n) is 3.23. The fraction of sp³-hybridized carbons (Fsp3) is 0.692. The molecule has 1 aliphatic carbocycles. The Labute approximate surface area is 107 Å². The molecule has 0 aromatic carbocycles. The average Bonchev–Trinajstić information content (AvgIpc) is 2.76. The molecular formula is C13H19NO4. The van der Waals surface area contributed by atoms with Crippen LogP contribution in [0, 0.1) is 0 Å². The van der Waals surface area contributed by atoms with Crippen LogP contribution in [0.1, 0.15) is 19.3 Å². The maximum atomic E-state index is 11.5. The van der Waals surface area contributed by atoms with Gasteiger partial charge in [-0.2, -0.15) is 0 Å². The molecule has 1 heterocycles. The van der Waals surface area contributed by atoms with Crippen LogP contribution in [-0.4, -0.2) is 56.1 Å². The second-order valence-corrected chi connectivity index (χ2v) is 4.54. The van der Waals surface area contributed by atoms with E-state index < -0.39 is 0 Å². The van der Waals surface area contributed by atoms with E-state index in [1.807, 2.05) is 6.08 Å². The van der Waals surface area contributed by atoms with Crippen molar-refractivity contribution in [3.05, 3.63) is 11.6 Å². The summed E-state index contributed by atoms with van der Waals surface area (Å²) < 4.78 is 10.4. The van der Waals surface area contributed by atoms with Crippen LogP contribution in [0.4, 0.5) is 0 Å². The second-order valence-electron chi connectivity index (χ2n) is 4.54. The van der Waals surface area contributed by atoms with Crippen LogP contribution >= 0.6 is 0 Å². The first-order valence-corrected chi connectivity index (χ1v) is 6.43. The molecule has 0 aromatic rings. The molecular weight excluding hydrogens is 234 g/mol. The van der Waals surface area contributed by atoms with Gasteiger partial charge in [0.05, 0.1) is 19.6 Å². The van der Waals surface area contributed by atoms with Gasteiger partial charge in [0.1, 0.15) is 6.61 Å². The Bertz CT molecular complexity index is 345. The SMILES string of the molecule is O=C(CC1=CCCC1=O)OCCN1CCOCC1. The third kappa shape index (κ3) is 3.92. The van der Waals surface area contributed by atoms with Crippen LogP contribution in [0.25, 0.3) is 0 Å². The Hall–Kier alpha value is -1.20. The van der Waals surface area contributed by atoms with Crippen LogP contribution in [-0.2, 0) is 19.1 Å². The Morgan fingerprint density at radius 1 is 1.39 bits per heavy atom. The highest BCUT2D eigenvalue weighted by Crippen LogP contribution is 2.17.